The van der Waals surface area contributed by atoms with Crippen LogP contribution in [-0.4, -0.2) is 53.0 Å². The summed E-state index contributed by atoms with van der Waals surface area (Å²) in [6.07, 6.45) is 8.10. The van der Waals surface area contributed by atoms with Crippen molar-refractivity contribution in [3.05, 3.63) is 58.9 Å². The van der Waals surface area contributed by atoms with Crippen LogP contribution in [0.3, 0.4) is 0 Å². The number of methoxy groups -OCH3 is 2. The van der Waals surface area contributed by atoms with E-state index < -0.39 is 17.5 Å². The third kappa shape index (κ3) is 5.71. The molecule has 4 aromatic rings. The van der Waals surface area contributed by atoms with Crippen LogP contribution in [0.15, 0.2) is 36.4 Å². The topological polar surface area (TPSA) is 65.7 Å². The fourth-order valence-corrected chi connectivity index (χ4v) is 8.64. The van der Waals surface area contributed by atoms with E-state index in [1.807, 2.05) is 23.1 Å². The molecule has 2 aliphatic rings. The van der Waals surface area contributed by atoms with Crippen LogP contribution in [-0.2, 0) is 35.3 Å². The van der Waals surface area contributed by atoms with Crippen LogP contribution in [0.5, 0.6) is 11.5 Å². The van der Waals surface area contributed by atoms with Gasteiger partial charge in [-0.25, -0.2) is 0 Å². The number of carbonyl (C=O) groups is 2. The number of amides is 1. The van der Waals surface area contributed by atoms with E-state index in [-0.39, 0.29) is 17.1 Å². The first-order chi connectivity index (χ1) is 22.8. The predicted octanol–water partition coefficient (Wildman–Crippen LogP) is 8.66. The van der Waals surface area contributed by atoms with E-state index in [0.29, 0.717) is 13.1 Å². The molecular weight excluding hydrogens is 598 g/mol. The van der Waals surface area contributed by atoms with Crippen molar-refractivity contribution < 1.29 is 19.1 Å². The largest absolute Gasteiger partial charge is 0.497 e. The van der Waals surface area contributed by atoms with Gasteiger partial charge < -0.3 is 23.5 Å². The van der Waals surface area contributed by atoms with Crippen LogP contribution in [0.1, 0.15) is 109 Å². The van der Waals surface area contributed by atoms with Gasteiger partial charge >= 0.3 is 0 Å². The number of ketones is 1. The zero-order valence-electron chi connectivity index (χ0n) is 30.7. The van der Waals surface area contributed by atoms with Gasteiger partial charge in [0, 0.05) is 46.7 Å². The van der Waals surface area contributed by atoms with Crippen LogP contribution in [0.4, 0.5) is 0 Å². The predicted molar refractivity (Wildman–Crippen MR) is 195 cm³/mol. The van der Waals surface area contributed by atoms with Crippen molar-refractivity contribution in [1.29, 1.82) is 0 Å². The Bertz CT molecular complexity index is 1850. The average molecular weight is 654 g/mol. The summed E-state index contributed by atoms with van der Waals surface area (Å²) >= 11 is 0. The van der Waals surface area contributed by atoms with Crippen molar-refractivity contribution in [2.75, 3.05) is 27.3 Å². The number of benzene rings is 2. The van der Waals surface area contributed by atoms with E-state index in [2.05, 4.69) is 68.9 Å². The highest BCUT2D eigenvalue weighted by atomic mass is 16.5. The minimum atomic E-state index is -0.890. The van der Waals surface area contributed by atoms with Crippen molar-refractivity contribution in [2.45, 2.75) is 112 Å². The highest BCUT2D eigenvalue weighted by Crippen LogP contribution is 2.50. The van der Waals surface area contributed by atoms with Crippen LogP contribution in [0.25, 0.3) is 21.8 Å². The molecule has 258 valence electrons. The molecule has 7 nitrogen and oxygen atoms in total. The lowest BCUT2D eigenvalue weighted by atomic mass is 9.75. The van der Waals surface area contributed by atoms with Crippen molar-refractivity contribution in [2.24, 2.45) is 10.8 Å². The molecule has 2 unspecified atom stereocenters. The van der Waals surface area contributed by atoms with E-state index in [1.54, 1.807) is 21.1 Å². The van der Waals surface area contributed by atoms with Gasteiger partial charge in [-0.05, 0) is 106 Å². The Balaban J connectivity index is 1.76. The minimum absolute atomic E-state index is 0.0640. The van der Waals surface area contributed by atoms with Gasteiger partial charge in [-0.15, -0.1) is 0 Å². The average Bonchev–Trinajstić information content (AvgIpc) is 3.57. The first-order valence-electron chi connectivity index (χ1n) is 18.0. The summed E-state index contributed by atoms with van der Waals surface area (Å²) < 4.78 is 16.6. The Morgan fingerprint density at radius 2 is 1.48 bits per heavy atom. The molecule has 2 aliphatic carbocycles. The Morgan fingerprint density at radius 1 is 0.833 bits per heavy atom. The summed E-state index contributed by atoms with van der Waals surface area (Å²) in [5.41, 5.74) is 6.15. The van der Waals surface area contributed by atoms with E-state index in [1.165, 1.54) is 27.9 Å². The maximum atomic E-state index is 15.7. The highest BCUT2D eigenvalue weighted by molar-refractivity contribution is 5.95. The van der Waals surface area contributed by atoms with Gasteiger partial charge in [0.15, 0.2) is 0 Å². The van der Waals surface area contributed by atoms with E-state index >= 15 is 4.79 Å². The molecule has 1 amide bonds. The number of likely N-dealkylation sites (N-methyl/N-ethyl adjacent to an activating group) is 1. The molecule has 0 saturated carbocycles. The van der Waals surface area contributed by atoms with Crippen molar-refractivity contribution >= 4 is 33.5 Å². The first kappa shape index (κ1) is 34.1. The molecule has 0 N–H and O–H groups in total. The van der Waals surface area contributed by atoms with E-state index in [4.69, 9.17) is 9.47 Å². The quantitative estimate of drug-likeness (QED) is 0.172. The summed E-state index contributed by atoms with van der Waals surface area (Å²) in [5, 5.41) is 2.30. The lowest BCUT2D eigenvalue weighted by Gasteiger charge is -2.44. The van der Waals surface area contributed by atoms with Gasteiger partial charge in [-0.3, -0.25) is 9.59 Å². The maximum absolute atomic E-state index is 15.7. The van der Waals surface area contributed by atoms with E-state index in [0.717, 1.165) is 79.3 Å². The molecular formula is C41H55N3O4. The summed E-state index contributed by atoms with van der Waals surface area (Å²) in [6, 6.07) is 11.4. The zero-order chi connectivity index (χ0) is 34.5. The highest BCUT2D eigenvalue weighted by Gasteiger charge is 2.49. The van der Waals surface area contributed by atoms with E-state index in [9.17, 15) is 4.79 Å². The van der Waals surface area contributed by atoms with Gasteiger partial charge in [-0.1, -0.05) is 40.7 Å². The molecule has 0 aliphatic heterocycles. The standard InChI is InChI=1S/C41H55N3O4/c1-10-42(25-40(3,4)5)39(46)37(43-31-18-13-11-16-28(31)29-23-22-27(47-8)24-34(29)43)38(41(6,7)26(2)45)44-32-19-14-12-17-30(32)36-33(44)20-15-21-35(36)48-9/h15,20-24,37-38H,10-14,16-19,25H2,1-9H3. The normalized spacial score (nSPS) is 16.4. The fraction of sp³-hybridized carbons (Fsp3) is 0.561. The van der Waals surface area contributed by atoms with Crippen molar-refractivity contribution in [3.63, 3.8) is 0 Å². The third-order valence-corrected chi connectivity index (χ3v) is 11.1. The lowest BCUT2D eigenvalue weighted by Crippen LogP contribution is -2.49. The molecule has 0 spiro atoms. The summed E-state index contributed by atoms with van der Waals surface area (Å²) in [4.78, 5) is 31.8. The first-order valence-corrected chi connectivity index (χ1v) is 18.0. The Hall–Kier alpha value is -3.74. The number of rotatable bonds is 10. The maximum Gasteiger partial charge on any atom is 0.247 e. The van der Waals surface area contributed by atoms with Gasteiger partial charge in [0.2, 0.25) is 5.91 Å². The molecule has 2 aromatic carbocycles. The zero-order valence-corrected chi connectivity index (χ0v) is 30.7. The van der Waals surface area contributed by atoms with Crippen LogP contribution < -0.4 is 9.47 Å². The molecule has 2 aromatic heterocycles. The summed E-state index contributed by atoms with van der Waals surface area (Å²) in [6.45, 7) is 15.7. The van der Waals surface area contributed by atoms with Gasteiger partial charge in [-0.2, -0.15) is 0 Å². The van der Waals surface area contributed by atoms with Crippen LogP contribution in [0.2, 0.25) is 0 Å². The number of aryl methyl sites for hydroxylation is 2. The SMILES string of the molecule is CCN(CC(C)(C)C)C(=O)C(C(n1c2c(c3c(OC)cccc31)CCCC2)C(C)(C)C(C)=O)n1c2c(c3ccc(OC)cc31)CCCC2. The molecule has 0 bridgehead atoms. The minimum Gasteiger partial charge on any atom is -0.497 e. The second-order valence-corrected chi connectivity index (χ2v) is 15.8. The summed E-state index contributed by atoms with van der Waals surface area (Å²) in [5.74, 6) is 1.75. The van der Waals surface area contributed by atoms with Crippen LogP contribution in [0, 0.1) is 10.8 Å². The fourth-order valence-electron chi connectivity index (χ4n) is 8.64. The Labute approximate surface area is 286 Å². The smallest absolute Gasteiger partial charge is 0.247 e. The summed E-state index contributed by atoms with van der Waals surface area (Å²) in [7, 11) is 3.44. The Kier molecular flexibility index (Phi) is 9.20. The monoisotopic (exact) mass is 653 g/mol. The molecule has 0 saturated heterocycles. The van der Waals surface area contributed by atoms with Gasteiger partial charge in [0.05, 0.1) is 31.3 Å². The third-order valence-electron chi connectivity index (χ3n) is 11.1. The number of hydrogen-bond donors (Lipinski definition) is 0. The number of aromatic nitrogens is 2. The molecule has 48 heavy (non-hydrogen) atoms. The second-order valence-electron chi connectivity index (χ2n) is 15.8. The second kappa shape index (κ2) is 12.9. The number of carbonyl (C=O) groups excluding carboxylic acids is 2. The number of hydrogen-bond acceptors (Lipinski definition) is 4. The number of fused-ring (bicyclic) bond motifs is 6. The molecule has 2 atom stereocenters. The lowest BCUT2D eigenvalue weighted by molar-refractivity contribution is -0.140. The molecule has 2 heterocycles. The van der Waals surface area contributed by atoms with Gasteiger partial charge in [0.25, 0.3) is 0 Å². The van der Waals surface area contributed by atoms with Crippen molar-refractivity contribution in [1.82, 2.24) is 14.0 Å². The van der Waals surface area contributed by atoms with Crippen molar-refractivity contribution in [3.8, 4) is 11.5 Å². The molecule has 0 fully saturated rings. The number of Topliss-reactive ketones (excluding diaryl/α,β-unsaturated/α-hetero) is 1. The Morgan fingerprint density at radius 3 is 2.08 bits per heavy atom. The number of nitrogens with zero attached hydrogens (tertiary/aromatic N) is 3. The number of ether oxygens (including phenoxy) is 2. The molecule has 6 rings (SSSR count). The van der Waals surface area contributed by atoms with Crippen LogP contribution >= 0.6 is 0 Å². The molecule has 0 radical (unpaired) electrons. The van der Waals surface area contributed by atoms with Gasteiger partial charge in [0.1, 0.15) is 23.3 Å². The molecule has 7 heteroatoms.